The Labute approximate surface area is 192 Å². The average molecular weight is 471 g/mol. The van der Waals surface area contributed by atoms with Crippen LogP contribution in [0.15, 0.2) is 34.1 Å². The molecule has 1 aromatic heterocycles. The molecule has 7 rings (SSSR count). The summed E-state index contributed by atoms with van der Waals surface area (Å²) in [7, 11) is 0. The Morgan fingerprint density at radius 1 is 0.969 bits per heavy atom. The minimum atomic E-state index is -0.380. The van der Waals surface area contributed by atoms with E-state index in [-0.39, 0.29) is 56.8 Å². The largest absolute Gasteiger partial charge is 0.307 e. The lowest BCUT2D eigenvalue weighted by Crippen LogP contribution is -2.51. The van der Waals surface area contributed by atoms with Crippen LogP contribution in [-0.4, -0.2) is 22.0 Å². The average Bonchev–Trinajstić information content (AvgIpc) is 3.51. The summed E-state index contributed by atoms with van der Waals surface area (Å²) in [6, 6.07) is 5.67. The zero-order chi connectivity index (χ0) is 21.8. The van der Waals surface area contributed by atoms with Gasteiger partial charge >= 0.3 is 4.87 Å². The summed E-state index contributed by atoms with van der Waals surface area (Å²) in [4.78, 5) is 45.1. The number of hydrogen-bond acceptors (Lipinski definition) is 5. The van der Waals surface area contributed by atoms with Crippen molar-refractivity contribution in [3.8, 4) is 0 Å². The summed E-state index contributed by atoms with van der Waals surface area (Å²) in [5.41, 5.74) is 0.436. The van der Waals surface area contributed by atoms with Crippen LogP contribution in [-0.2, 0) is 15.0 Å². The van der Waals surface area contributed by atoms with Crippen LogP contribution in [0, 0.1) is 35.4 Å². The van der Waals surface area contributed by atoms with Crippen LogP contribution in [0.3, 0.4) is 0 Å². The fourth-order valence-electron chi connectivity index (χ4n) is 7.92. The van der Waals surface area contributed by atoms with Crippen molar-refractivity contribution in [2.45, 2.75) is 54.2 Å². The number of nitrogens with one attached hydrogen (secondary N) is 1. The molecule has 2 bridgehead atoms. The Hall–Kier alpha value is -1.93. The highest BCUT2D eigenvalue weighted by Gasteiger charge is 2.72. The van der Waals surface area contributed by atoms with Gasteiger partial charge in [-0.3, -0.25) is 19.3 Å². The number of imide groups is 1. The van der Waals surface area contributed by atoms with E-state index in [0.717, 1.165) is 37.1 Å². The molecule has 1 aromatic carbocycles. The Morgan fingerprint density at radius 3 is 2.38 bits per heavy atom. The Bertz CT molecular complexity index is 1200. The summed E-state index contributed by atoms with van der Waals surface area (Å²) < 4.78 is 13.4. The van der Waals surface area contributed by atoms with E-state index in [1.54, 1.807) is 11.8 Å². The molecule has 5 nitrogen and oxygen atoms in total. The zero-order valence-electron chi connectivity index (χ0n) is 17.4. The fourth-order valence-corrected chi connectivity index (χ4v) is 11.1. The number of benzene rings is 1. The second-order valence-electron chi connectivity index (χ2n) is 10.1. The van der Waals surface area contributed by atoms with Crippen molar-refractivity contribution in [3.63, 3.8) is 0 Å². The molecule has 2 aromatic rings. The van der Waals surface area contributed by atoms with Crippen molar-refractivity contribution < 1.29 is 14.0 Å². The van der Waals surface area contributed by atoms with E-state index in [9.17, 15) is 18.8 Å². The molecule has 6 atom stereocenters. The highest BCUT2D eigenvalue weighted by molar-refractivity contribution is 8.00. The molecule has 2 aliphatic heterocycles. The van der Waals surface area contributed by atoms with Crippen LogP contribution in [0.25, 0.3) is 0 Å². The number of nitrogens with zero attached hydrogens (tertiary/aromatic N) is 1. The lowest BCUT2D eigenvalue weighted by Gasteiger charge is -2.52. The van der Waals surface area contributed by atoms with E-state index >= 15 is 0 Å². The zero-order valence-corrected chi connectivity index (χ0v) is 19.0. The van der Waals surface area contributed by atoms with Gasteiger partial charge in [0.2, 0.25) is 11.8 Å². The summed E-state index contributed by atoms with van der Waals surface area (Å²) in [5.74, 6) is -0.528. The Morgan fingerprint density at radius 2 is 1.66 bits per heavy atom. The number of hydrogen-bond donors (Lipinski definition) is 1. The number of thioether (sulfide) groups is 1. The number of fused-ring (bicyclic) bond motifs is 11. The van der Waals surface area contributed by atoms with Crippen LogP contribution in [0.4, 0.5) is 10.1 Å². The van der Waals surface area contributed by atoms with Gasteiger partial charge in [-0.05, 0) is 61.3 Å². The molecule has 1 N–H and O–H groups in total. The predicted molar refractivity (Wildman–Crippen MR) is 120 cm³/mol. The molecular formula is C24H23FN2O3S2. The van der Waals surface area contributed by atoms with Gasteiger partial charge in [0.15, 0.2) is 0 Å². The van der Waals surface area contributed by atoms with Crippen LogP contribution < -0.4 is 9.77 Å². The van der Waals surface area contributed by atoms with Gasteiger partial charge in [0.1, 0.15) is 5.82 Å². The van der Waals surface area contributed by atoms with Gasteiger partial charge in [-0.25, -0.2) is 4.39 Å². The van der Waals surface area contributed by atoms with Crippen molar-refractivity contribution in [2.24, 2.45) is 29.6 Å². The van der Waals surface area contributed by atoms with E-state index in [1.165, 1.54) is 51.8 Å². The molecule has 8 heteroatoms. The topological polar surface area (TPSA) is 70.2 Å². The standard InChI is InChI=1S/C24H23FN2O3S2/c25-11-4-6-12(7-5-11)27-21(28)15-13-10-14(16(15)22(27)29)18-17(13)24(8-2-1-3-9-24)19-20(31-18)26-23(30)32-19/h4-7,13-18H,1-3,8-10H2,(H,26,30)/t13-,14+,15-,16+,17+,18-/m0/s1. The van der Waals surface area contributed by atoms with Gasteiger partial charge < -0.3 is 4.98 Å². The molecule has 0 unspecified atom stereocenters. The lowest BCUT2D eigenvalue weighted by atomic mass is 9.57. The number of halogens is 1. The summed E-state index contributed by atoms with van der Waals surface area (Å²) >= 11 is 3.12. The van der Waals surface area contributed by atoms with Crippen LogP contribution in [0.2, 0.25) is 0 Å². The SMILES string of the molecule is O=C1[C@@H]2[C@H]3C[C@@H]([C@@H]2C(=O)N1c1ccc(F)cc1)[C@@H]1[C@H]3Sc2[nH]c(=O)sc2C12CCCCC2. The quantitative estimate of drug-likeness (QED) is 0.630. The van der Waals surface area contributed by atoms with Crippen LogP contribution >= 0.6 is 23.1 Å². The van der Waals surface area contributed by atoms with E-state index in [0.29, 0.717) is 11.6 Å². The van der Waals surface area contributed by atoms with Gasteiger partial charge in [-0.2, -0.15) is 0 Å². The van der Waals surface area contributed by atoms with Gasteiger partial charge in [-0.15, -0.1) is 11.8 Å². The van der Waals surface area contributed by atoms with Gasteiger partial charge in [0, 0.05) is 15.5 Å². The van der Waals surface area contributed by atoms with Crippen molar-refractivity contribution in [3.05, 3.63) is 44.6 Å². The highest BCUT2D eigenvalue weighted by atomic mass is 32.2. The summed E-state index contributed by atoms with van der Waals surface area (Å²) in [6.45, 7) is 0. The number of anilines is 1. The number of amides is 2. The fraction of sp³-hybridized carbons (Fsp3) is 0.542. The first-order valence-corrected chi connectivity index (χ1v) is 13.2. The number of thiazole rings is 1. The Kier molecular flexibility index (Phi) is 4.01. The summed E-state index contributed by atoms with van der Waals surface area (Å²) in [6.07, 6.45) is 6.59. The normalized spacial score (nSPS) is 36.5. The third-order valence-corrected chi connectivity index (χ3v) is 11.6. The second-order valence-corrected chi connectivity index (χ2v) is 12.3. The van der Waals surface area contributed by atoms with Crippen molar-refractivity contribution in [1.29, 1.82) is 0 Å². The van der Waals surface area contributed by atoms with E-state index < -0.39 is 0 Å². The third-order valence-electron chi connectivity index (χ3n) is 8.89. The van der Waals surface area contributed by atoms with Gasteiger partial charge in [0.25, 0.3) is 0 Å². The molecule has 3 heterocycles. The van der Waals surface area contributed by atoms with E-state index in [2.05, 4.69) is 4.98 Å². The summed E-state index contributed by atoms with van der Waals surface area (Å²) in [5, 5.41) is 1.28. The molecule has 2 amide bonds. The van der Waals surface area contributed by atoms with Gasteiger partial charge in [-0.1, -0.05) is 30.6 Å². The molecule has 0 radical (unpaired) electrons. The smallest absolute Gasteiger partial charge is 0.305 e. The maximum atomic E-state index is 13.6. The minimum absolute atomic E-state index is 0.00889. The maximum Gasteiger partial charge on any atom is 0.305 e. The molecule has 1 spiro atoms. The number of rotatable bonds is 1. The van der Waals surface area contributed by atoms with E-state index in [1.807, 2.05) is 0 Å². The molecule has 166 valence electrons. The number of carbonyl (C=O) groups excluding carboxylic acids is 2. The molecule has 3 aliphatic carbocycles. The van der Waals surface area contributed by atoms with Crippen molar-refractivity contribution in [2.75, 3.05) is 4.90 Å². The molecule has 32 heavy (non-hydrogen) atoms. The number of aromatic amines is 1. The third kappa shape index (κ3) is 2.32. The second kappa shape index (κ2) is 6.56. The monoisotopic (exact) mass is 470 g/mol. The first-order valence-electron chi connectivity index (χ1n) is 11.5. The number of aromatic nitrogens is 1. The lowest BCUT2D eigenvalue weighted by molar-refractivity contribution is -0.123. The van der Waals surface area contributed by atoms with Crippen LogP contribution in [0.5, 0.6) is 0 Å². The van der Waals surface area contributed by atoms with Gasteiger partial charge in [0.05, 0.1) is 22.5 Å². The Balaban J connectivity index is 1.32. The molecule has 1 saturated heterocycles. The predicted octanol–water partition coefficient (Wildman–Crippen LogP) is 4.32. The van der Waals surface area contributed by atoms with Crippen LogP contribution in [0.1, 0.15) is 43.4 Å². The first kappa shape index (κ1) is 19.5. The molecular weight excluding hydrogens is 447 g/mol. The number of H-pyrrole nitrogens is 1. The van der Waals surface area contributed by atoms with Crippen molar-refractivity contribution >= 4 is 40.6 Å². The maximum absolute atomic E-state index is 13.6. The first-order chi connectivity index (χ1) is 15.5. The molecule has 5 aliphatic rings. The molecule has 3 saturated carbocycles. The van der Waals surface area contributed by atoms with E-state index in [4.69, 9.17) is 0 Å². The van der Waals surface area contributed by atoms with Crippen molar-refractivity contribution in [1.82, 2.24) is 4.98 Å². The highest BCUT2D eigenvalue weighted by Crippen LogP contribution is 2.71. The minimum Gasteiger partial charge on any atom is -0.307 e. The molecule has 4 fully saturated rings. The number of carbonyl (C=O) groups is 2.